The van der Waals surface area contributed by atoms with Crippen LogP contribution in [0.5, 0.6) is 0 Å². The SMILES string of the molecule is CC(C)CNC(C)CN(C)C. The summed E-state index contributed by atoms with van der Waals surface area (Å²) >= 11 is 0. The molecule has 0 aromatic carbocycles. The Bertz CT molecular complexity index is 89.6. The molecule has 2 heteroatoms. The first kappa shape index (κ1) is 10.9. The molecular weight excluding hydrogens is 136 g/mol. The third-order valence-electron chi connectivity index (χ3n) is 1.51. The van der Waals surface area contributed by atoms with Crippen LogP contribution in [0.1, 0.15) is 20.8 Å². The predicted octanol–water partition coefficient (Wildman–Crippen LogP) is 1.18. The molecule has 0 rings (SSSR count). The van der Waals surface area contributed by atoms with Gasteiger partial charge in [0.05, 0.1) is 0 Å². The van der Waals surface area contributed by atoms with Crippen molar-refractivity contribution in [3.63, 3.8) is 0 Å². The Morgan fingerprint density at radius 3 is 2.09 bits per heavy atom. The number of rotatable bonds is 5. The highest BCUT2D eigenvalue weighted by atomic mass is 15.1. The average molecular weight is 158 g/mol. The van der Waals surface area contributed by atoms with E-state index in [0.717, 1.165) is 19.0 Å². The molecule has 2 nitrogen and oxygen atoms in total. The van der Waals surface area contributed by atoms with E-state index in [1.54, 1.807) is 0 Å². The van der Waals surface area contributed by atoms with Gasteiger partial charge in [-0.1, -0.05) is 13.8 Å². The second-order valence-electron chi connectivity index (χ2n) is 3.97. The van der Waals surface area contributed by atoms with Gasteiger partial charge in [0.2, 0.25) is 0 Å². The minimum absolute atomic E-state index is 0.604. The van der Waals surface area contributed by atoms with Gasteiger partial charge in [0.25, 0.3) is 0 Å². The van der Waals surface area contributed by atoms with Gasteiger partial charge in [-0.15, -0.1) is 0 Å². The Balaban J connectivity index is 3.29. The van der Waals surface area contributed by atoms with Gasteiger partial charge in [0, 0.05) is 12.6 Å². The van der Waals surface area contributed by atoms with Gasteiger partial charge in [-0.25, -0.2) is 0 Å². The normalized spacial score (nSPS) is 14.5. The molecule has 1 N–H and O–H groups in total. The van der Waals surface area contributed by atoms with Gasteiger partial charge >= 0.3 is 0 Å². The average Bonchev–Trinajstić information content (AvgIpc) is 1.82. The Hall–Kier alpha value is -0.0800. The van der Waals surface area contributed by atoms with Crippen LogP contribution < -0.4 is 5.32 Å². The lowest BCUT2D eigenvalue weighted by Crippen LogP contribution is -2.37. The number of likely N-dealkylation sites (N-methyl/N-ethyl adjacent to an activating group) is 1. The lowest BCUT2D eigenvalue weighted by Gasteiger charge is -2.19. The zero-order valence-electron chi connectivity index (χ0n) is 8.52. The zero-order chi connectivity index (χ0) is 8.85. The van der Waals surface area contributed by atoms with Crippen molar-refractivity contribution in [1.82, 2.24) is 10.2 Å². The fourth-order valence-corrected chi connectivity index (χ4v) is 1.05. The molecular formula is C9H22N2. The van der Waals surface area contributed by atoms with E-state index in [1.165, 1.54) is 0 Å². The molecule has 1 unspecified atom stereocenters. The van der Waals surface area contributed by atoms with Gasteiger partial charge in [-0.3, -0.25) is 0 Å². The smallest absolute Gasteiger partial charge is 0.0166 e. The summed E-state index contributed by atoms with van der Waals surface area (Å²) < 4.78 is 0. The number of nitrogens with one attached hydrogen (secondary N) is 1. The van der Waals surface area contributed by atoms with Crippen molar-refractivity contribution in [2.75, 3.05) is 27.2 Å². The van der Waals surface area contributed by atoms with Crippen molar-refractivity contribution < 1.29 is 0 Å². The molecule has 0 aliphatic rings. The quantitative estimate of drug-likeness (QED) is 0.646. The van der Waals surface area contributed by atoms with Crippen molar-refractivity contribution in [3.8, 4) is 0 Å². The van der Waals surface area contributed by atoms with Gasteiger partial charge in [0.15, 0.2) is 0 Å². The van der Waals surface area contributed by atoms with Crippen LogP contribution in [0.2, 0.25) is 0 Å². The van der Waals surface area contributed by atoms with E-state index in [2.05, 4.69) is 45.1 Å². The maximum absolute atomic E-state index is 3.47. The summed E-state index contributed by atoms with van der Waals surface area (Å²) in [7, 11) is 4.21. The molecule has 0 heterocycles. The molecule has 0 saturated heterocycles. The van der Waals surface area contributed by atoms with Gasteiger partial charge in [-0.2, -0.15) is 0 Å². The van der Waals surface area contributed by atoms with Crippen LogP contribution in [-0.4, -0.2) is 38.1 Å². The zero-order valence-corrected chi connectivity index (χ0v) is 8.52. The van der Waals surface area contributed by atoms with E-state index < -0.39 is 0 Å². The summed E-state index contributed by atoms with van der Waals surface area (Å²) in [6.07, 6.45) is 0. The third kappa shape index (κ3) is 7.82. The third-order valence-corrected chi connectivity index (χ3v) is 1.51. The Morgan fingerprint density at radius 1 is 1.18 bits per heavy atom. The summed E-state index contributed by atoms with van der Waals surface area (Å²) in [4.78, 5) is 2.21. The van der Waals surface area contributed by atoms with Crippen LogP contribution in [0.15, 0.2) is 0 Å². The molecule has 0 aromatic rings. The molecule has 0 bridgehead atoms. The highest BCUT2D eigenvalue weighted by Gasteiger charge is 2.02. The molecule has 0 saturated carbocycles. The maximum atomic E-state index is 3.47. The van der Waals surface area contributed by atoms with Crippen molar-refractivity contribution in [2.24, 2.45) is 5.92 Å². The summed E-state index contributed by atoms with van der Waals surface area (Å²) in [5.74, 6) is 0.750. The lowest BCUT2D eigenvalue weighted by molar-refractivity contribution is 0.341. The van der Waals surface area contributed by atoms with Crippen molar-refractivity contribution in [1.29, 1.82) is 0 Å². The number of hydrogen-bond acceptors (Lipinski definition) is 2. The fraction of sp³-hybridized carbons (Fsp3) is 1.00. The van der Waals surface area contributed by atoms with Crippen molar-refractivity contribution in [3.05, 3.63) is 0 Å². The molecule has 0 amide bonds. The largest absolute Gasteiger partial charge is 0.313 e. The first-order valence-corrected chi connectivity index (χ1v) is 4.40. The van der Waals surface area contributed by atoms with E-state index in [1.807, 2.05) is 0 Å². The summed E-state index contributed by atoms with van der Waals surface area (Å²) in [6.45, 7) is 8.93. The summed E-state index contributed by atoms with van der Waals surface area (Å²) in [5.41, 5.74) is 0. The van der Waals surface area contributed by atoms with Gasteiger partial charge in [0.1, 0.15) is 0 Å². The van der Waals surface area contributed by atoms with Crippen LogP contribution >= 0.6 is 0 Å². The second-order valence-corrected chi connectivity index (χ2v) is 3.97. The molecule has 0 aliphatic heterocycles. The monoisotopic (exact) mass is 158 g/mol. The van der Waals surface area contributed by atoms with Gasteiger partial charge < -0.3 is 10.2 Å². The topological polar surface area (TPSA) is 15.3 Å². The second kappa shape index (κ2) is 5.56. The first-order chi connectivity index (χ1) is 5.02. The molecule has 0 aliphatic carbocycles. The molecule has 11 heavy (non-hydrogen) atoms. The number of hydrogen-bond donors (Lipinski definition) is 1. The molecule has 68 valence electrons. The van der Waals surface area contributed by atoms with E-state index >= 15 is 0 Å². The van der Waals surface area contributed by atoms with Crippen LogP contribution in [0.3, 0.4) is 0 Å². The van der Waals surface area contributed by atoms with E-state index in [9.17, 15) is 0 Å². The lowest BCUT2D eigenvalue weighted by atomic mass is 10.2. The number of nitrogens with zero attached hydrogens (tertiary/aromatic N) is 1. The fourth-order valence-electron chi connectivity index (χ4n) is 1.05. The minimum Gasteiger partial charge on any atom is -0.313 e. The van der Waals surface area contributed by atoms with E-state index in [-0.39, 0.29) is 0 Å². The maximum Gasteiger partial charge on any atom is 0.0166 e. The van der Waals surface area contributed by atoms with Crippen molar-refractivity contribution in [2.45, 2.75) is 26.8 Å². The standard InChI is InChI=1S/C9H22N2/c1-8(2)6-10-9(3)7-11(4)5/h8-10H,6-7H2,1-5H3. The predicted molar refractivity (Wildman–Crippen MR) is 50.9 cm³/mol. The van der Waals surface area contributed by atoms with Crippen LogP contribution in [0, 0.1) is 5.92 Å². The molecule has 0 spiro atoms. The van der Waals surface area contributed by atoms with Gasteiger partial charge in [-0.05, 0) is 33.5 Å². The summed E-state index contributed by atoms with van der Waals surface area (Å²) in [5, 5.41) is 3.47. The Labute approximate surface area is 71.0 Å². The molecule has 0 radical (unpaired) electrons. The van der Waals surface area contributed by atoms with Crippen LogP contribution in [0.25, 0.3) is 0 Å². The molecule has 0 aromatic heterocycles. The highest BCUT2D eigenvalue weighted by molar-refractivity contribution is 4.63. The Morgan fingerprint density at radius 2 is 1.73 bits per heavy atom. The first-order valence-electron chi connectivity index (χ1n) is 4.40. The Kier molecular flexibility index (Phi) is 5.51. The van der Waals surface area contributed by atoms with Crippen LogP contribution in [-0.2, 0) is 0 Å². The van der Waals surface area contributed by atoms with Crippen molar-refractivity contribution >= 4 is 0 Å². The highest BCUT2D eigenvalue weighted by Crippen LogP contribution is 1.90. The molecule has 0 fully saturated rings. The summed E-state index contributed by atoms with van der Waals surface area (Å²) in [6, 6.07) is 0.604. The van der Waals surface area contributed by atoms with E-state index in [4.69, 9.17) is 0 Å². The van der Waals surface area contributed by atoms with E-state index in [0.29, 0.717) is 6.04 Å². The van der Waals surface area contributed by atoms with Crippen LogP contribution in [0.4, 0.5) is 0 Å². The minimum atomic E-state index is 0.604. The molecule has 1 atom stereocenters.